The Kier molecular flexibility index (Phi) is 3.90. The molecule has 0 spiro atoms. The highest BCUT2D eigenvalue weighted by Crippen LogP contribution is 2.13. The molecule has 0 saturated carbocycles. The summed E-state index contributed by atoms with van der Waals surface area (Å²) in [4.78, 5) is 16.0. The third-order valence-corrected chi connectivity index (χ3v) is 3.25. The van der Waals surface area contributed by atoms with E-state index < -0.39 is 0 Å². The maximum atomic E-state index is 11.9. The Bertz CT molecular complexity index is 377. The summed E-state index contributed by atoms with van der Waals surface area (Å²) in [6, 6.07) is 3.83. The summed E-state index contributed by atoms with van der Waals surface area (Å²) in [5.41, 5.74) is 0.452. The number of rotatable bonds is 2. The maximum absolute atomic E-state index is 11.9. The first kappa shape index (κ1) is 11.5. The Morgan fingerprint density at radius 2 is 2.50 bits per heavy atom. The van der Waals surface area contributed by atoms with Crippen LogP contribution in [0.2, 0.25) is 0 Å². The zero-order chi connectivity index (χ0) is 11.4. The average Bonchev–Trinajstić information content (AvgIpc) is 2.31. The highest BCUT2D eigenvalue weighted by Gasteiger charge is 2.18. The largest absolute Gasteiger partial charge is 0.347 e. The average molecular weight is 284 g/mol. The predicted molar refractivity (Wildman–Crippen MR) is 65.3 cm³/mol. The summed E-state index contributed by atoms with van der Waals surface area (Å²) in [6.07, 6.45) is 3.76. The minimum absolute atomic E-state index is 0.110. The van der Waals surface area contributed by atoms with Crippen LogP contribution in [0, 0.1) is 0 Å². The first-order valence-corrected chi connectivity index (χ1v) is 6.19. The summed E-state index contributed by atoms with van der Waals surface area (Å²) in [7, 11) is 0. The van der Waals surface area contributed by atoms with Gasteiger partial charge in [-0.15, -0.1) is 0 Å². The van der Waals surface area contributed by atoms with Crippen LogP contribution in [0.3, 0.4) is 0 Å². The minimum Gasteiger partial charge on any atom is -0.347 e. The fourth-order valence-corrected chi connectivity index (χ4v) is 2.22. The number of hydrogen-bond acceptors (Lipinski definition) is 3. The molecule has 1 saturated heterocycles. The smallest absolute Gasteiger partial charge is 0.271 e. The summed E-state index contributed by atoms with van der Waals surface area (Å²) in [5, 5.41) is 6.24. The quantitative estimate of drug-likeness (QED) is 0.861. The topological polar surface area (TPSA) is 54.0 Å². The monoisotopic (exact) mass is 283 g/mol. The molecule has 0 unspecified atom stereocenters. The highest BCUT2D eigenvalue weighted by molar-refractivity contribution is 9.10. The molecule has 1 aromatic rings. The minimum atomic E-state index is -0.110. The third kappa shape index (κ3) is 2.80. The van der Waals surface area contributed by atoms with Crippen molar-refractivity contribution < 1.29 is 4.79 Å². The Balaban J connectivity index is 2.00. The van der Waals surface area contributed by atoms with Crippen LogP contribution < -0.4 is 10.6 Å². The lowest BCUT2D eigenvalue weighted by molar-refractivity contribution is 0.0925. The van der Waals surface area contributed by atoms with E-state index in [9.17, 15) is 4.79 Å². The number of pyridine rings is 1. The summed E-state index contributed by atoms with van der Waals surface area (Å²) in [5.74, 6) is -0.110. The molecule has 1 fully saturated rings. The molecule has 4 nitrogen and oxygen atoms in total. The van der Waals surface area contributed by atoms with Crippen LogP contribution in [0.15, 0.2) is 22.8 Å². The van der Waals surface area contributed by atoms with E-state index in [0.717, 1.165) is 30.4 Å². The normalized spacial score (nSPS) is 20.4. The molecule has 1 aliphatic rings. The van der Waals surface area contributed by atoms with Crippen LogP contribution in [0.25, 0.3) is 0 Å². The van der Waals surface area contributed by atoms with E-state index in [2.05, 4.69) is 31.5 Å². The highest BCUT2D eigenvalue weighted by atomic mass is 79.9. The number of carbonyl (C=O) groups is 1. The van der Waals surface area contributed by atoms with Crippen LogP contribution in [0.1, 0.15) is 23.3 Å². The Hall–Kier alpha value is -0.940. The molecule has 1 atom stereocenters. The number of aromatic nitrogens is 1. The number of amides is 1. The van der Waals surface area contributed by atoms with Gasteiger partial charge < -0.3 is 10.6 Å². The molecule has 1 amide bonds. The summed E-state index contributed by atoms with van der Waals surface area (Å²) in [6.45, 7) is 1.88. The molecule has 1 aliphatic heterocycles. The van der Waals surface area contributed by atoms with Gasteiger partial charge >= 0.3 is 0 Å². The van der Waals surface area contributed by atoms with Crippen molar-refractivity contribution in [3.05, 3.63) is 28.5 Å². The zero-order valence-electron chi connectivity index (χ0n) is 8.87. The van der Waals surface area contributed by atoms with Crippen molar-refractivity contribution in [1.29, 1.82) is 0 Å². The van der Waals surface area contributed by atoms with Crippen LogP contribution in [0.5, 0.6) is 0 Å². The lowest BCUT2D eigenvalue weighted by Gasteiger charge is -2.23. The van der Waals surface area contributed by atoms with Crippen molar-refractivity contribution in [3.63, 3.8) is 0 Å². The van der Waals surface area contributed by atoms with Gasteiger partial charge in [-0.1, -0.05) is 0 Å². The molecule has 1 aromatic heterocycles. The Morgan fingerprint density at radius 3 is 3.19 bits per heavy atom. The molecule has 2 rings (SSSR count). The molecule has 86 valence electrons. The molecule has 16 heavy (non-hydrogen) atoms. The van der Waals surface area contributed by atoms with Crippen molar-refractivity contribution in [2.24, 2.45) is 0 Å². The lowest BCUT2D eigenvalue weighted by atomic mass is 10.1. The number of carbonyl (C=O) groups excluding carboxylic acids is 1. The van der Waals surface area contributed by atoms with Crippen molar-refractivity contribution in [3.8, 4) is 0 Å². The lowest BCUT2D eigenvalue weighted by Crippen LogP contribution is -2.45. The molecule has 2 heterocycles. The number of hydrogen-bond donors (Lipinski definition) is 2. The van der Waals surface area contributed by atoms with Crippen LogP contribution in [-0.2, 0) is 0 Å². The molecular weight excluding hydrogens is 270 g/mol. The van der Waals surface area contributed by atoms with Gasteiger partial charge in [0, 0.05) is 23.3 Å². The van der Waals surface area contributed by atoms with Gasteiger partial charge in [-0.25, -0.2) is 4.98 Å². The van der Waals surface area contributed by atoms with Gasteiger partial charge in [0.05, 0.1) is 0 Å². The van der Waals surface area contributed by atoms with Gasteiger partial charge in [0.2, 0.25) is 0 Å². The zero-order valence-corrected chi connectivity index (χ0v) is 10.5. The van der Waals surface area contributed by atoms with E-state index >= 15 is 0 Å². The fourth-order valence-electron chi connectivity index (χ4n) is 1.78. The second-order valence-corrected chi connectivity index (χ2v) is 4.70. The first-order chi connectivity index (χ1) is 7.77. The Labute approximate surface area is 103 Å². The molecular formula is C11H14BrN3O. The molecule has 5 heteroatoms. The standard InChI is InChI=1S/C11H14BrN3O/c12-9-4-2-6-14-10(9)11(16)15-8-3-1-5-13-7-8/h2,4,6,8,13H,1,3,5,7H2,(H,15,16)/t8-/m1/s1. The van der Waals surface area contributed by atoms with Crippen molar-refractivity contribution in [2.75, 3.05) is 13.1 Å². The molecule has 0 bridgehead atoms. The number of nitrogens with one attached hydrogen (secondary N) is 2. The Morgan fingerprint density at radius 1 is 1.62 bits per heavy atom. The van der Waals surface area contributed by atoms with E-state index in [-0.39, 0.29) is 11.9 Å². The second kappa shape index (κ2) is 5.41. The molecule has 0 radical (unpaired) electrons. The SMILES string of the molecule is O=C(N[C@@H]1CCCNC1)c1ncccc1Br. The number of nitrogens with zero attached hydrogens (tertiary/aromatic N) is 1. The summed E-state index contributed by atoms with van der Waals surface area (Å²) < 4.78 is 0.733. The van der Waals surface area contributed by atoms with Gasteiger partial charge in [0.25, 0.3) is 5.91 Å². The van der Waals surface area contributed by atoms with Gasteiger partial charge in [0.1, 0.15) is 5.69 Å². The van der Waals surface area contributed by atoms with Gasteiger partial charge in [-0.3, -0.25) is 4.79 Å². The first-order valence-electron chi connectivity index (χ1n) is 5.39. The van der Waals surface area contributed by atoms with Crippen molar-refractivity contribution in [2.45, 2.75) is 18.9 Å². The van der Waals surface area contributed by atoms with Gasteiger partial charge in [-0.2, -0.15) is 0 Å². The van der Waals surface area contributed by atoms with E-state index in [1.165, 1.54) is 0 Å². The van der Waals surface area contributed by atoms with E-state index in [1.54, 1.807) is 12.3 Å². The van der Waals surface area contributed by atoms with Crippen LogP contribution in [-0.4, -0.2) is 30.0 Å². The maximum Gasteiger partial charge on any atom is 0.271 e. The molecule has 2 N–H and O–H groups in total. The number of halogens is 1. The fraction of sp³-hybridized carbons (Fsp3) is 0.455. The van der Waals surface area contributed by atoms with E-state index in [1.807, 2.05) is 6.07 Å². The molecule has 0 aliphatic carbocycles. The van der Waals surface area contributed by atoms with Gasteiger partial charge in [0.15, 0.2) is 0 Å². The van der Waals surface area contributed by atoms with Crippen LogP contribution >= 0.6 is 15.9 Å². The van der Waals surface area contributed by atoms with Gasteiger partial charge in [-0.05, 0) is 47.4 Å². The van der Waals surface area contributed by atoms with Crippen LogP contribution in [0.4, 0.5) is 0 Å². The number of piperidine rings is 1. The second-order valence-electron chi connectivity index (χ2n) is 3.85. The van der Waals surface area contributed by atoms with Crippen molar-refractivity contribution in [1.82, 2.24) is 15.6 Å². The van der Waals surface area contributed by atoms with E-state index in [0.29, 0.717) is 5.69 Å². The molecule has 0 aromatic carbocycles. The van der Waals surface area contributed by atoms with Crippen molar-refractivity contribution >= 4 is 21.8 Å². The third-order valence-electron chi connectivity index (χ3n) is 2.61. The predicted octanol–water partition coefficient (Wildman–Crippen LogP) is 1.33. The summed E-state index contributed by atoms with van der Waals surface area (Å²) >= 11 is 3.32. The van der Waals surface area contributed by atoms with E-state index in [4.69, 9.17) is 0 Å².